The van der Waals surface area contributed by atoms with Gasteiger partial charge in [-0.2, -0.15) is 9.29 Å². The number of hydrogen-bond acceptors (Lipinski definition) is 10. The van der Waals surface area contributed by atoms with Crippen LogP contribution in [0.25, 0.3) is 0 Å². The molecule has 1 aliphatic heterocycles. The number of aliphatic hydroxyl groups is 1. The first-order valence-electron chi connectivity index (χ1n) is 15.7. The maximum absolute atomic E-state index is 14.0. The second-order valence-electron chi connectivity index (χ2n) is 12.1. The molecule has 1 unspecified atom stereocenters. The number of anilines is 1. The van der Waals surface area contributed by atoms with E-state index in [2.05, 4.69) is 19.9 Å². The summed E-state index contributed by atoms with van der Waals surface area (Å²) in [7, 11) is 1.19. The number of nitrogens with zero attached hydrogens (tertiary/aromatic N) is 6. The molecule has 5 rings (SSSR count). The van der Waals surface area contributed by atoms with Gasteiger partial charge in [0.2, 0.25) is 10.0 Å². The summed E-state index contributed by atoms with van der Waals surface area (Å²) in [6.45, 7) is 6.64. The van der Waals surface area contributed by atoms with Crippen molar-refractivity contribution < 1.29 is 23.0 Å². The van der Waals surface area contributed by atoms with E-state index in [0.717, 1.165) is 37.3 Å². The van der Waals surface area contributed by atoms with Gasteiger partial charge in [-0.25, -0.2) is 13.4 Å². The van der Waals surface area contributed by atoms with Gasteiger partial charge in [0.05, 0.1) is 23.6 Å². The number of benzene rings is 2. The van der Waals surface area contributed by atoms with Crippen LogP contribution in [0, 0.1) is 13.8 Å². The number of likely N-dealkylation sites (N-methyl/N-ethyl adjacent to an activating group) is 2. The van der Waals surface area contributed by atoms with Gasteiger partial charge in [-0.3, -0.25) is 4.98 Å². The van der Waals surface area contributed by atoms with E-state index in [4.69, 9.17) is 9.47 Å². The van der Waals surface area contributed by atoms with Crippen LogP contribution in [-0.2, 0) is 15.6 Å². The molecule has 1 aliphatic rings. The molecule has 3 heterocycles. The second-order valence-corrected chi connectivity index (χ2v) is 14.0. The van der Waals surface area contributed by atoms with E-state index in [1.54, 1.807) is 58.7 Å². The minimum absolute atomic E-state index is 0.00871. The minimum atomic E-state index is -3.91. The summed E-state index contributed by atoms with van der Waals surface area (Å²) in [5.41, 5.74) is 2.03. The number of sulfonamides is 1. The van der Waals surface area contributed by atoms with Crippen molar-refractivity contribution in [3.05, 3.63) is 102 Å². The van der Waals surface area contributed by atoms with Crippen LogP contribution in [0.5, 0.6) is 11.8 Å². The molecule has 1 saturated heterocycles. The van der Waals surface area contributed by atoms with Gasteiger partial charge in [-0.05, 0) is 67.6 Å². The predicted octanol–water partition coefficient (Wildman–Crippen LogP) is 4.36. The molecule has 4 aromatic rings. The highest BCUT2D eigenvalue weighted by molar-refractivity contribution is 7.89. The molecule has 0 amide bonds. The van der Waals surface area contributed by atoms with E-state index in [0.29, 0.717) is 35.5 Å². The van der Waals surface area contributed by atoms with Gasteiger partial charge < -0.3 is 24.4 Å². The summed E-state index contributed by atoms with van der Waals surface area (Å²) in [6.07, 6.45) is 6.42. The van der Waals surface area contributed by atoms with E-state index < -0.39 is 21.7 Å². The Morgan fingerprint density at radius 1 is 1.00 bits per heavy atom. The van der Waals surface area contributed by atoms with E-state index in [1.165, 1.54) is 4.31 Å². The van der Waals surface area contributed by atoms with Crippen LogP contribution in [0.4, 0.5) is 5.82 Å². The lowest BCUT2D eigenvalue weighted by molar-refractivity contribution is -0.0254. The Morgan fingerprint density at radius 3 is 2.34 bits per heavy atom. The molecule has 250 valence electrons. The number of likely N-dealkylation sites (tertiary alicyclic amines) is 1. The molecule has 2 aromatic heterocycles. The summed E-state index contributed by atoms with van der Waals surface area (Å²) in [6, 6.07) is 18.0. The van der Waals surface area contributed by atoms with E-state index >= 15 is 0 Å². The molecular weight excluding hydrogens is 616 g/mol. The van der Waals surface area contributed by atoms with E-state index in [1.807, 2.05) is 60.5 Å². The number of aryl methyl sites for hydroxylation is 2. The molecule has 12 heteroatoms. The SMILES string of the molecule is COc1cc(C)c(S(=O)(=O)N(C)C(COc2nccc(N(C)CCN3CCC(O)(c4cccnc4)CC3)n2)c2ccccc2)c(C)c1. The number of ether oxygens (including phenoxy) is 2. The highest BCUT2D eigenvalue weighted by Gasteiger charge is 2.35. The Hall–Kier alpha value is -4.10. The van der Waals surface area contributed by atoms with Gasteiger partial charge in [0.25, 0.3) is 0 Å². The van der Waals surface area contributed by atoms with Crippen LogP contribution >= 0.6 is 0 Å². The van der Waals surface area contributed by atoms with Gasteiger partial charge in [0.1, 0.15) is 18.2 Å². The molecular formula is C35H44N6O5S. The largest absolute Gasteiger partial charge is 0.497 e. The minimum Gasteiger partial charge on any atom is -0.497 e. The molecule has 0 spiro atoms. The van der Waals surface area contributed by atoms with Crippen LogP contribution < -0.4 is 14.4 Å². The van der Waals surface area contributed by atoms with Crippen LogP contribution in [0.3, 0.4) is 0 Å². The van der Waals surface area contributed by atoms with Crippen LogP contribution in [0.2, 0.25) is 0 Å². The summed E-state index contributed by atoms with van der Waals surface area (Å²) in [5, 5.41) is 11.1. The average Bonchev–Trinajstić information content (AvgIpc) is 3.08. The Labute approximate surface area is 277 Å². The molecule has 2 aromatic carbocycles. The number of piperidine rings is 1. The Kier molecular flexibility index (Phi) is 10.8. The highest BCUT2D eigenvalue weighted by Crippen LogP contribution is 2.33. The lowest BCUT2D eigenvalue weighted by atomic mass is 9.85. The third-order valence-electron chi connectivity index (χ3n) is 8.94. The maximum Gasteiger partial charge on any atom is 0.318 e. The standard InChI is InChI=1S/C35H44N6O5S/c1-26-22-30(45-5)23-27(2)33(26)47(43,44)40(4)31(28-10-7-6-8-11-28)25-46-34-37-17-13-32(38-34)39(3)20-21-41-18-14-35(42,15-19-41)29-12-9-16-36-24-29/h6-13,16-17,22-24,31,42H,14-15,18-21,25H2,1-5H3. The smallest absolute Gasteiger partial charge is 0.318 e. The third-order valence-corrected chi connectivity index (χ3v) is 11.1. The van der Waals surface area contributed by atoms with Crippen molar-refractivity contribution in [2.45, 2.75) is 43.2 Å². The number of hydrogen-bond donors (Lipinski definition) is 1. The zero-order valence-electron chi connectivity index (χ0n) is 27.7. The normalized spacial score (nSPS) is 15.7. The first-order chi connectivity index (χ1) is 22.5. The van der Waals surface area contributed by atoms with E-state index in [9.17, 15) is 13.5 Å². The molecule has 0 aliphatic carbocycles. The Morgan fingerprint density at radius 2 is 1.70 bits per heavy atom. The van der Waals surface area contributed by atoms with Gasteiger partial charge in [0, 0.05) is 64.4 Å². The molecule has 0 saturated carbocycles. The number of methoxy groups -OCH3 is 1. The lowest BCUT2D eigenvalue weighted by Gasteiger charge is -2.38. The van der Waals surface area contributed by atoms with Crippen molar-refractivity contribution in [2.75, 3.05) is 58.9 Å². The fraction of sp³-hybridized carbons (Fsp3) is 0.400. The molecule has 1 atom stereocenters. The van der Waals surface area contributed by atoms with Crippen LogP contribution in [0.15, 0.2) is 84.1 Å². The fourth-order valence-electron chi connectivity index (χ4n) is 6.08. The first-order valence-corrected chi connectivity index (χ1v) is 17.2. The van der Waals surface area contributed by atoms with Gasteiger partial charge in [-0.1, -0.05) is 36.4 Å². The van der Waals surface area contributed by atoms with Gasteiger partial charge >= 0.3 is 6.01 Å². The van der Waals surface area contributed by atoms with Crippen molar-refractivity contribution >= 4 is 15.8 Å². The summed E-state index contributed by atoms with van der Waals surface area (Å²) in [5.74, 6) is 1.30. The van der Waals surface area contributed by atoms with E-state index in [-0.39, 0.29) is 17.5 Å². The second kappa shape index (κ2) is 14.8. The van der Waals surface area contributed by atoms with Crippen LogP contribution in [-0.4, -0.2) is 91.7 Å². The van der Waals surface area contributed by atoms with Crippen molar-refractivity contribution in [3.8, 4) is 11.8 Å². The maximum atomic E-state index is 14.0. The average molecular weight is 661 g/mol. The van der Waals surface area contributed by atoms with Crippen LogP contribution in [0.1, 0.15) is 41.1 Å². The Bertz CT molecular complexity index is 1710. The highest BCUT2D eigenvalue weighted by atomic mass is 32.2. The van der Waals surface area contributed by atoms with Crippen molar-refractivity contribution in [3.63, 3.8) is 0 Å². The molecule has 0 radical (unpaired) electrons. The molecule has 47 heavy (non-hydrogen) atoms. The summed E-state index contributed by atoms with van der Waals surface area (Å²) in [4.78, 5) is 17.8. The van der Waals surface area contributed by atoms with Crippen molar-refractivity contribution in [2.24, 2.45) is 0 Å². The topological polar surface area (TPSA) is 121 Å². The zero-order chi connectivity index (χ0) is 33.6. The third kappa shape index (κ3) is 7.90. The summed E-state index contributed by atoms with van der Waals surface area (Å²) >= 11 is 0. The number of rotatable bonds is 13. The number of pyridine rings is 1. The van der Waals surface area contributed by atoms with Crippen molar-refractivity contribution in [1.82, 2.24) is 24.2 Å². The van der Waals surface area contributed by atoms with Gasteiger partial charge in [-0.15, -0.1) is 0 Å². The molecule has 11 nitrogen and oxygen atoms in total. The molecule has 0 bridgehead atoms. The number of aromatic nitrogens is 3. The molecule has 1 N–H and O–H groups in total. The quantitative estimate of drug-likeness (QED) is 0.222. The lowest BCUT2D eigenvalue weighted by Crippen LogP contribution is -2.45. The zero-order valence-corrected chi connectivity index (χ0v) is 28.5. The first kappa shape index (κ1) is 34.2. The van der Waals surface area contributed by atoms with Crippen molar-refractivity contribution in [1.29, 1.82) is 0 Å². The summed E-state index contributed by atoms with van der Waals surface area (Å²) < 4.78 is 40.9. The Balaban J connectivity index is 1.24. The predicted molar refractivity (Wildman–Crippen MR) is 181 cm³/mol. The monoisotopic (exact) mass is 660 g/mol. The fourth-order valence-corrected chi connectivity index (χ4v) is 7.82. The van der Waals surface area contributed by atoms with Gasteiger partial charge in [0.15, 0.2) is 0 Å². The molecule has 1 fully saturated rings.